The zero-order valence-electron chi connectivity index (χ0n) is 20.5. The molecule has 0 N–H and O–H groups in total. The van der Waals surface area contributed by atoms with Crippen LogP contribution in [0.25, 0.3) is 16.7 Å². The van der Waals surface area contributed by atoms with Crippen molar-refractivity contribution in [1.29, 1.82) is 0 Å². The highest BCUT2D eigenvalue weighted by Gasteiger charge is 2.31. The number of benzene rings is 1. The lowest BCUT2D eigenvalue weighted by molar-refractivity contribution is -0.137. The highest BCUT2D eigenvalue weighted by molar-refractivity contribution is 5.97. The number of amides is 1. The number of esters is 1. The van der Waals surface area contributed by atoms with Crippen LogP contribution in [0.2, 0.25) is 0 Å². The van der Waals surface area contributed by atoms with Gasteiger partial charge in [-0.3, -0.25) is 14.0 Å². The first-order valence-corrected chi connectivity index (χ1v) is 11.6. The maximum Gasteiger partial charge on any atom is 0.416 e. The van der Waals surface area contributed by atoms with E-state index in [4.69, 9.17) is 9.47 Å². The van der Waals surface area contributed by atoms with Crippen LogP contribution in [0.5, 0.6) is 0 Å². The number of aromatic nitrogens is 3. The third kappa shape index (κ3) is 5.35. The molecule has 1 aromatic carbocycles. The molecule has 0 aliphatic heterocycles. The molecular formula is C26H23F3N4O5. The van der Waals surface area contributed by atoms with Crippen molar-refractivity contribution in [2.24, 2.45) is 4.99 Å². The summed E-state index contributed by atoms with van der Waals surface area (Å²) in [6, 6.07) is 10.0. The maximum atomic E-state index is 13.3. The number of ether oxygens (including phenoxy) is 2. The van der Waals surface area contributed by atoms with Gasteiger partial charge in [-0.2, -0.15) is 18.2 Å². The average molecular weight is 528 g/mol. The van der Waals surface area contributed by atoms with E-state index in [9.17, 15) is 27.6 Å². The van der Waals surface area contributed by atoms with Crippen molar-refractivity contribution in [2.45, 2.75) is 26.1 Å². The molecule has 4 rings (SSSR count). The van der Waals surface area contributed by atoms with Crippen molar-refractivity contribution < 1.29 is 32.2 Å². The number of nitrogens with zero attached hydrogens (tertiary/aromatic N) is 4. The predicted octanol–water partition coefficient (Wildman–Crippen LogP) is 3.62. The number of halogens is 3. The van der Waals surface area contributed by atoms with Crippen molar-refractivity contribution >= 4 is 28.6 Å². The van der Waals surface area contributed by atoms with Crippen LogP contribution in [0.15, 0.2) is 64.5 Å². The van der Waals surface area contributed by atoms with Gasteiger partial charge in [-0.1, -0.05) is 12.1 Å². The van der Waals surface area contributed by atoms with E-state index in [1.807, 2.05) is 0 Å². The van der Waals surface area contributed by atoms with E-state index in [1.54, 1.807) is 25.1 Å². The van der Waals surface area contributed by atoms with Crippen molar-refractivity contribution in [3.8, 4) is 0 Å². The van der Waals surface area contributed by atoms with E-state index in [1.165, 1.54) is 34.4 Å². The van der Waals surface area contributed by atoms with Crippen molar-refractivity contribution in [3.05, 3.63) is 87.3 Å². The minimum absolute atomic E-state index is 0.00346. The second-order valence-electron chi connectivity index (χ2n) is 8.18. The Labute approximate surface area is 213 Å². The summed E-state index contributed by atoms with van der Waals surface area (Å²) in [5.41, 5.74) is -1.76. The molecule has 0 atom stereocenters. The highest BCUT2D eigenvalue weighted by atomic mass is 19.4. The molecule has 0 unspecified atom stereocenters. The normalized spacial score (nSPS) is 12.3. The minimum atomic E-state index is -4.66. The van der Waals surface area contributed by atoms with Crippen LogP contribution in [0.4, 0.5) is 13.2 Å². The molecule has 0 fully saturated rings. The number of hydrogen-bond acceptors (Lipinski definition) is 6. The fourth-order valence-electron chi connectivity index (χ4n) is 3.93. The number of alkyl halides is 3. The molecule has 198 valence electrons. The van der Waals surface area contributed by atoms with Gasteiger partial charge in [0.25, 0.3) is 11.5 Å². The molecule has 4 aromatic rings. The van der Waals surface area contributed by atoms with E-state index in [0.717, 1.165) is 12.1 Å². The summed E-state index contributed by atoms with van der Waals surface area (Å²) in [6.07, 6.45) is -2.75. The standard InChI is InChI=1S/C26H23F3N4O5/c1-3-38-25(36)19-15-18-21(30-20-10-4-5-11-32(20)24(18)35)33(12-7-13-37-2)22(19)31-23(34)16-8-6-9-17(14-16)26(27,28)29/h4-6,8-11,14-15H,3,7,12-13H2,1-2H3. The molecule has 0 saturated carbocycles. The van der Waals surface area contributed by atoms with Gasteiger partial charge < -0.3 is 14.0 Å². The largest absolute Gasteiger partial charge is 0.462 e. The van der Waals surface area contributed by atoms with Crippen molar-refractivity contribution in [1.82, 2.24) is 14.0 Å². The van der Waals surface area contributed by atoms with Gasteiger partial charge in [-0.25, -0.2) is 9.78 Å². The molecule has 1 amide bonds. The molecule has 3 aromatic heterocycles. The first-order chi connectivity index (χ1) is 18.2. The Morgan fingerprint density at radius 3 is 2.61 bits per heavy atom. The molecule has 38 heavy (non-hydrogen) atoms. The molecule has 0 radical (unpaired) electrons. The molecule has 0 aliphatic carbocycles. The SMILES string of the molecule is CCOC(=O)c1cc2c(=O)n3ccccc3nc2n(CCCOC)c1=NC(=O)c1cccc(C(F)(F)F)c1. The lowest BCUT2D eigenvalue weighted by Crippen LogP contribution is -2.33. The Hall–Kier alpha value is -4.32. The molecule has 12 heteroatoms. The fourth-order valence-corrected chi connectivity index (χ4v) is 3.93. The molecular weight excluding hydrogens is 505 g/mol. The second-order valence-corrected chi connectivity index (χ2v) is 8.18. The quantitative estimate of drug-likeness (QED) is 0.206. The van der Waals surface area contributed by atoms with E-state index >= 15 is 0 Å². The van der Waals surface area contributed by atoms with Crippen molar-refractivity contribution in [3.63, 3.8) is 0 Å². The Morgan fingerprint density at radius 1 is 1.11 bits per heavy atom. The minimum Gasteiger partial charge on any atom is -0.462 e. The molecule has 9 nitrogen and oxygen atoms in total. The molecule has 0 saturated heterocycles. The summed E-state index contributed by atoms with van der Waals surface area (Å²) in [4.78, 5) is 48.0. The van der Waals surface area contributed by atoms with E-state index in [-0.39, 0.29) is 40.8 Å². The van der Waals surface area contributed by atoms with Crippen LogP contribution in [0, 0.1) is 0 Å². The number of methoxy groups -OCH3 is 1. The van der Waals surface area contributed by atoms with Gasteiger partial charge in [0.2, 0.25) is 0 Å². The highest BCUT2D eigenvalue weighted by Crippen LogP contribution is 2.29. The Balaban J connectivity index is 2.06. The van der Waals surface area contributed by atoms with E-state index < -0.39 is 29.2 Å². The van der Waals surface area contributed by atoms with Crippen LogP contribution in [0.3, 0.4) is 0 Å². The zero-order chi connectivity index (χ0) is 27.4. The lowest BCUT2D eigenvalue weighted by atomic mass is 10.1. The van der Waals surface area contributed by atoms with E-state index in [2.05, 4.69) is 9.98 Å². The van der Waals surface area contributed by atoms with Crippen LogP contribution in [-0.4, -0.2) is 46.2 Å². The fraction of sp³-hybridized carbons (Fsp3) is 0.269. The summed E-state index contributed by atoms with van der Waals surface area (Å²) in [5.74, 6) is -1.87. The summed E-state index contributed by atoms with van der Waals surface area (Å²) >= 11 is 0. The van der Waals surface area contributed by atoms with Gasteiger partial charge >= 0.3 is 12.1 Å². The summed E-state index contributed by atoms with van der Waals surface area (Å²) < 4.78 is 52.7. The first kappa shape index (κ1) is 26.7. The monoisotopic (exact) mass is 528 g/mol. The summed E-state index contributed by atoms with van der Waals surface area (Å²) in [6.45, 7) is 2.00. The van der Waals surface area contributed by atoms with Crippen LogP contribution in [-0.2, 0) is 22.2 Å². The first-order valence-electron chi connectivity index (χ1n) is 11.6. The lowest BCUT2D eigenvalue weighted by Gasteiger charge is -2.15. The number of pyridine rings is 2. The third-order valence-corrected chi connectivity index (χ3v) is 5.66. The van der Waals surface area contributed by atoms with Gasteiger partial charge in [0.15, 0.2) is 5.49 Å². The van der Waals surface area contributed by atoms with Crippen LogP contribution in [0.1, 0.15) is 39.6 Å². The van der Waals surface area contributed by atoms with Gasteiger partial charge in [-0.05, 0) is 49.7 Å². The van der Waals surface area contributed by atoms with Gasteiger partial charge in [0.05, 0.1) is 17.6 Å². The van der Waals surface area contributed by atoms with Gasteiger partial charge in [-0.15, -0.1) is 0 Å². The Bertz CT molecular complexity index is 1660. The Morgan fingerprint density at radius 2 is 1.89 bits per heavy atom. The second kappa shape index (κ2) is 11.0. The van der Waals surface area contributed by atoms with Gasteiger partial charge in [0.1, 0.15) is 16.9 Å². The van der Waals surface area contributed by atoms with Gasteiger partial charge in [0, 0.05) is 32.0 Å². The predicted molar refractivity (Wildman–Crippen MR) is 131 cm³/mol. The Kier molecular flexibility index (Phi) is 7.72. The number of carbonyl (C=O) groups is 2. The topological polar surface area (TPSA) is 104 Å². The number of hydrogen-bond donors (Lipinski definition) is 0. The van der Waals surface area contributed by atoms with Crippen LogP contribution < -0.4 is 11.0 Å². The number of carbonyl (C=O) groups excluding carboxylic acids is 2. The molecule has 0 bridgehead atoms. The number of fused-ring (bicyclic) bond motifs is 2. The molecule has 3 heterocycles. The third-order valence-electron chi connectivity index (χ3n) is 5.66. The smallest absolute Gasteiger partial charge is 0.416 e. The average Bonchev–Trinajstić information content (AvgIpc) is 2.89. The summed E-state index contributed by atoms with van der Waals surface area (Å²) in [5, 5.41) is 0.0691. The van der Waals surface area contributed by atoms with Crippen molar-refractivity contribution in [2.75, 3.05) is 20.3 Å². The number of rotatable bonds is 7. The van der Waals surface area contributed by atoms with Crippen LogP contribution >= 0.6 is 0 Å². The van der Waals surface area contributed by atoms with E-state index in [0.29, 0.717) is 24.7 Å². The number of aryl methyl sites for hydroxylation is 1. The zero-order valence-corrected chi connectivity index (χ0v) is 20.5. The summed E-state index contributed by atoms with van der Waals surface area (Å²) in [7, 11) is 1.50. The molecule has 0 spiro atoms. The maximum absolute atomic E-state index is 13.3. The molecule has 0 aliphatic rings.